The molecule has 0 radical (unpaired) electrons. The molecule has 118 valence electrons. The van der Waals surface area contributed by atoms with Crippen LogP contribution < -0.4 is 4.90 Å². The van der Waals surface area contributed by atoms with Gasteiger partial charge in [0.25, 0.3) is 0 Å². The van der Waals surface area contributed by atoms with E-state index in [-0.39, 0.29) is 11.9 Å². The first-order valence-corrected chi connectivity index (χ1v) is 7.85. The Labute approximate surface area is 129 Å². The Morgan fingerprint density at radius 1 is 1.36 bits per heavy atom. The van der Waals surface area contributed by atoms with Gasteiger partial charge in [-0.05, 0) is 26.7 Å². The molecule has 3 heterocycles. The van der Waals surface area contributed by atoms with Crippen molar-refractivity contribution in [2.24, 2.45) is 7.05 Å². The lowest BCUT2D eigenvalue weighted by Gasteiger charge is -2.29. The lowest BCUT2D eigenvalue weighted by Crippen LogP contribution is -2.46. The first-order valence-electron chi connectivity index (χ1n) is 7.85. The topological polar surface area (TPSA) is 67.2 Å². The molecule has 1 aliphatic heterocycles. The molecule has 2 aromatic heterocycles. The molecule has 7 heteroatoms. The highest BCUT2D eigenvalue weighted by atomic mass is 16.2. The predicted octanol–water partition coefficient (Wildman–Crippen LogP) is 1.20. The zero-order valence-electron chi connectivity index (χ0n) is 13.4. The maximum atomic E-state index is 12.8. The molecular weight excluding hydrogens is 280 g/mol. The Kier molecular flexibility index (Phi) is 3.96. The van der Waals surface area contributed by atoms with E-state index >= 15 is 0 Å². The van der Waals surface area contributed by atoms with Gasteiger partial charge >= 0.3 is 0 Å². The molecule has 0 unspecified atom stereocenters. The van der Waals surface area contributed by atoms with Crippen molar-refractivity contribution in [2.45, 2.75) is 32.7 Å². The summed E-state index contributed by atoms with van der Waals surface area (Å²) in [5.74, 6) is 1.01. The van der Waals surface area contributed by atoms with Crippen LogP contribution in [-0.4, -0.2) is 56.2 Å². The van der Waals surface area contributed by atoms with Gasteiger partial charge in [-0.1, -0.05) is 0 Å². The van der Waals surface area contributed by atoms with Crippen LogP contribution in [0.1, 0.15) is 26.7 Å². The quantitative estimate of drug-likeness (QED) is 0.849. The standard InChI is InChI=1S/C15H22N6O/c1-4-20(5-2)15(22)12-7-6-8-21(12)14-11-9-18-19(3)13(11)16-10-17-14/h9-10,12H,4-8H2,1-3H3/t12-/m1/s1. The number of hydrogen-bond acceptors (Lipinski definition) is 5. The summed E-state index contributed by atoms with van der Waals surface area (Å²) in [6.07, 6.45) is 5.21. The van der Waals surface area contributed by atoms with Gasteiger partial charge in [-0.25, -0.2) is 9.97 Å². The van der Waals surface area contributed by atoms with E-state index in [1.165, 1.54) is 0 Å². The highest BCUT2D eigenvalue weighted by Crippen LogP contribution is 2.30. The summed E-state index contributed by atoms with van der Waals surface area (Å²) in [6.45, 7) is 6.37. The van der Waals surface area contributed by atoms with Gasteiger partial charge in [-0.3, -0.25) is 9.48 Å². The monoisotopic (exact) mass is 302 g/mol. The van der Waals surface area contributed by atoms with Crippen LogP contribution in [0.4, 0.5) is 5.82 Å². The zero-order valence-corrected chi connectivity index (χ0v) is 13.4. The molecule has 7 nitrogen and oxygen atoms in total. The van der Waals surface area contributed by atoms with E-state index in [1.54, 1.807) is 17.2 Å². The van der Waals surface area contributed by atoms with Gasteiger partial charge in [0.15, 0.2) is 5.65 Å². The fourth-order valence-electron chi connectivity index (χ4n) is 3.20. The first kappa shape index (κ1) is 14.7. The molecule has 1 fully saturated rings. The molecule has 22 heavy (non-hydrogen) atoms. The van der Waals surface area contributed by atoms with Crippen molar-refractivity contribution >= 4 is 22.8 Å². The number of hydrogen-bond donors (Lipinski definition) is 0. The van der Waals surface area contributed by atoms with Gasteiger partial charge < -0.3 is 9.80 Å². The Balaban J connectivity index is 1.97. The third-order valence-electron chi connectivity index (χ3n) is 4.39. The Hall–Kier alpha value is -2.18. The lowest BCUT2D eigenvalue weighted by molar-refractivity contribution is -0.132. The van der Waals surface area contributed by atoms with Crippen LogP contribution in [0.25, 0.3) is 11.0 Å². The highest BCUT2D eigenvalue weighted by Gasteiger charge is 2.34. The van der Waals surface area contributed by atoms with Crippen molar-refractivity contribution in [3.63, 3.8) is 0 Å². The normalized spacial score (nSPS) is 18.1. The SMILES string of the molecule is CCN(CC)C(=O)[C@H]1CCCN1c1ncnc2c1cnn2C. The molecule has 1 atom stereocenters. The third-order valence-corrected chi connectivity index (χ3v) is 4.39. The largest absolute Gasteiger partial charge is 0.344 e. The van der Waals surface area contributed by atoms with Crippen LogP contribution in [0.5, 0.6) is 0 Å². The summed E-state index contributed by atoms with van der Waals surface area (Å²) in [4.78, 5) is 25.5. The van der Waals surface area contributed by atoms with Gasteiger partial charge in [0.05, 0.1) is 11.6 Å². The second kappa shape index (κ2) is 5.90. The van der Waals surface area contributed by atoms with Crippen molar-refractivity contribution in [2.75, 3.05) is 24.5 Å². The summed E-state index contributed by atoms with van der Waals surface area (Å²) < 4.78 is 1.73. The Morgan fingerprint density at radius 3 is 2.86 bits per heavy atom. The molecule has 1 aliphatic rings. The number of fused-ring (bicyclic) bond motifs is 1. The molecule has 0 N–H and O–H groups in total. The van der Waals surface area contributed by atoms with Gasteiger partial charge in [-0.15, -0.1) is 0 Å². The van der Waals surface area contributed by atoms with Crippen molar-refractivity contribution in [1.29, 1.82) is 0 Å². The second-order valence-electron chi connectivity index (χ2n) is 5.56. The molecule has 0 spiro atoms. The van der Waals surface area contributed by atoms with Crippen molar-refractivity contribution < 1.29 is 4.79 Å². The lowest BCUT2D eigenvalue weighted by atomic mass is 10.2. The average molecular weight is 302 g/mol. The first-order chi connectivity index (χ1) is 10.7. The van der Waals surface area contributed by atoms with E-state index in [4.69, 9.17) is 0 Å². The van der Waals surface area contributed by atoms with E-state index < -0.39 is 0 Å². The molecular formula is C15H22N6O. The zero-order chi connectivity index (χ0) is 15.7. The van der Waals surface area contributed by atoms with E-state index in [2.05, 4.69) is 20.0 Å². The molecule has 2 aromatic rings. The maximum absolute atomic E-state index is 12.8. The van der Waals surface area contributed by atoms with Crippen LogP contribution in [0, 0.1) is 0 Å². The summed E-state index contributed by atoms with van der Waals surface area (Å²) in [5, 5.41) is 5.16. The van der Waals surface area contributed by atoms with Crippen molar-refractivity contribution in [1.82, 2.24) is 24.6 Å². The van der Waals surface area contributed by atoms with Gasteiger partial charge in [0.1, 0.15) is 18.2 Å². The number of amides is 1. The number of aromatic nitrogens is 4. The minimum atomic E-state index is -0.127. The highest BCUT2D eigenvalue weighted by molar-refractivity contribution is 5.91. The van der Waals surface area contributed by atoms with E-state index in [0.29, 0.717) is 0 Å². The van der Waals surface area contributed by atoms with Crippen molar-refractivity contribution in [3.05, 3.63) is 12.5 Å². The third kappa shape index (κ3) is 2.30. The van der Waals surface area contributed by atoms with Gasteiger partial charge in [-0.2, -0.15) is 5.10 Å². The smallest absolute Gasteiger partial charge is 0.245 e. The Morgan fingerprint density at radius 2 is 2.14 bits per heavy atom. The van der Waals surface area contributed by atoms with Crippen LogP contribution >= 0.6 is 0 Å². The number of carbonyl (C=O) groups excluding carboxylic acids is 1. The van der Waals surface area contributed by atoms with Crippen LogP contribution in [0.2, 0.25) is 0 Å². The average Bonchev–Trinajstić information content (AvgIpc) is 3.15. The van der Waals surface area contributed by atoms with Crippen molar-refractivity contribution in [3.8, 4) is 0 Å². The van der Waals surface area contributed by atoms with Gasteiger partial charge in [0.2, 0.25) is 5.91 Å². The number of rotatable bonds is 4. The number of likely N-dealkylation sites (N-methyl/N-ethyl adjacent to an activating group) is 1. The van der Waals surface area contributed by atoms with E-state index in [1.807, 2.05) is 25.8 Å². The summed E-state index contributed by atoms with van der Waals surface area (Å²) in [5.41, 5.74) is 0.797. The van der Waals surface area contributed by atoms with E-state index in [0.717, 1.165) is 49.3 Å². The Bertz CT molecular complexity index is 678. The van der Waals surface area contributed by atoms with Crippen LogP contribution in [-0.2, 0) is 11.8 Å². The minimum Gasteiger partial charge on any atom is -0.344 e. The molecule has 0 aliphatic carbocycles. The number of carbonyl (C=O) groups is 1. The molecule has 0 aromatic carbocycles. The molecule has 3 rings (SSSR count). The molecule has 0 saturated carbocycles. The van der Waals surface area contributed by atoms with E-state index in [9.17, 15) is 4.79 Å². The second-order valence-corrected chi connectivity index (χ2v) is 5.56. The number of aryl methyl sites for hydroxylation is 1. The van der Waals surface area contributed by atoms with Crippen LogP contribution in [0.3, 0.4) is 0 Å². The maximum Gasteiger partial charge on any atom is 0.245 e. The number of anilines is 1. The van der Waals surface area contributed by atoms with Gasteiger partial charge in [0, 0.05) is 26.7 Å². The molecule has 1 amide bonds. The fourth-order valence-corrected chi connectivity index (χ4v) is 3.20. The predicted molar refractivity (Wildman–Crippen MR) is 84.6 cm³/mol. The number of nitrogens with zero attached hydrogens (tertiary/aromatic N) is 6. The fraction of sp³-hybridized carbons (Fsp3) is 0.600. The summed E-state index contributed by atoms with van der Waals surface area (Å²) in [6, 6.07) is -0.127. The molecule has 0 bridgehead atoms. The van der Waals surface area contributed by atoms with Crippen LogP contribution in [0.15, 0.2) is 12.5 Å². The summed E-state index contributed by atoms with van der Waals surface area (Å²) >= 11 is 0. The molecule has 1 saturated heterocycles. The minimum absolute atomic E-state index is 0.127. The summed E-state index contributed by atoms with van der Waals surface area (Å²) in [7, 11) is 1.86.